The maximum Gasteiger partial charge on any atom is 0.221 e. The summed E-state index contributed by atoms with van der Waals surface area (Å²) in [6, 6.07) is 5.39. The number of hydrogen-bond acceptors (Lipinski definition) is 5. The van der Waals surface area contributed by atoms with E-state index in [1.54, 1.807) is 0 Å². The molecule has 1 aromatic rings. The quantitative estimate of drug-likeness (QED) is 0.819. The zero-order chi connectivity index (χ0) is 18.6. The third kappa shape index (κ3) is 4.69. The lowest BCUT2D eigenvalue weighted by molar-refractivity contribution is -0.121. The lowest BCUT2D eigenvalue weighted by Gasteiger charge is -2.17. The second kappa shape index (κ2) is 8.29. The molecule has 1 saturated carbocycles. The molecule has 3 rings (SSSR count). The van der Waals surface area contributed by atoms with Crippen molar-refractivity contribution in [1.29, 1.82) is 0 Å². The number of ether oxygens (including phenoxy) is 2. The fraction of sp³-hybridized carbons (Fsp3) is 0.632. The molecule has 1 amide bonds. The summed E-state index contributed by atoms with van der Waals surface area (Å²) >= 11 is 0. The van der Waals surface area contributed by atoms with Gasteiger partial charge in [-0.15, -0.1) is 0 Å². The fourth-order valence-electron chi connectivity index (χ4n) is 3.50. The van der Waals surface area contributed by atoms with E-state index in [9.17, 15) is 13.2 Å². The van der Waals surface area contributed by atoms with E-state index in [0.717, 1.165) is 37.7 Å². The first-order valence-corrected chi connectivity index (χ1v) is 11.1. The normalized spacial score (nSPS) is 19.0. The van der Waals surface area contributed by atoms with Crippen LogP contribution in [0.25, 0.3) is 0 Å². The Kier molecular flexibility index (Phi) is 6.06. The Labute approximate surface area is 155 Å². The van der Waals surface area contributed by atoms with Gasteiger partial charge in [-0.3, -0.25) is 4.79 Å². The number of fused-ring (bicyclic) bond motifs is 1. The molecule has 0 spiro atoms. The molecule has 0 radical (unpaired) electrons. The topological polar surface area (TPSA) is 81.7 Å². The van der Waals surface area contributed by atoms with Crippen LogP contribution in [0.15, 0.2) is 18.2 Å². The summed E-state index contributed by atoms with van der Waals surface area (Å²) in [6.07, 6.45) is 4.25. The van der Waals surface area contributed by atoms with Crippen LogP contribution in [0, 0.1) is 0 Å². The van der Waals surface area contributed by atoms with Gasteiger partial charge in [-0.1, -0.05) is 18.9 Å². The number of carbonyl (C=O) groups is 1. The van der Waals surface area contributed by atoms with Gasteiger partial charge in [-0.2, -0.15) is 0 Å². The summed E-state index contributed by atoms with van der Waals surface area (Å²) in [5.74, 6) is 1.08. The van der Waals surface area contributed by atoms with Crippen molar-refractivity contribution in [2.24, 2.45) is 0 Å². The minimum atomic E-state index is -3.17. The Morgan fingerprint density at radius 1 is 1.15 bits per heavy atom. The van der Waals surface area contributed by atoms with Crippen LogP contribution in [0.3, 0.4) is 0 Å². The molecule has 1 atom stereocenters. The van der Waals surface area contributed by atoms with E-state index in [2.05, 4.69) is 5.32 Å². The van der Waals surface area contributed by atoms with Crippen LogP contribution in [-0.2, 0) is 14.6 Å². The van der Waals surface area contributed by atoms with E-state index in [4.69, 9.17) is 9.47 Å². The second-order valence-corrected chi connectivity index (χ2v) is 9.47. The van der Waals surface area contributed by atoms with Crippen LogP contribution in [0.4, 0.5) is 0 Å². The van der Waals surface area contributed by atoms with Gasteiger partial charge in [-0.05, 0) is 37.5 Å². The lowest BCUT2D eigenvalue weighted by atomic mass is 10.1. The van der Waals surface area contributed by atoms with Gasteiger partial charge in [-0.25, -0.2) is 8.42 Å². The number of rotatable bonds is 6. The Bertz CT molecular complexity index is 740. The predicted molar refractivity (Wildman–Crippen MR) is 99.3 cm³/mol. The number of hydrogen-bond donors (Lipinski definition) is 1. The third-order valence-electron chi connectivity index (χ3n) is 5.07. The highest BCUT2D eigenvalue weighted by molar-refractivity contribution is 7.92. The van der Waals surface area contributed by atoms with Crippen LogP contribution < -0.4 is 14.8 Å². The summed E-state index contributed by atoms with van der Waals surface area (Å²) in [5, 5.41) is 2.63. The number of carbonyl (C=O) groups excluding carboxylic acids is 1. The summed E-state index contributed by atoms with van der Waals surface area (Å²) in [7, 11) is -3.17. The van der Waals surface area contributed by atoms with Gasteiger partial charge in [0.15, 0.2) is 21.3 Å². The molecule has 1 aromatic carbocycles. The SMILES string of the molecule is CC(NC(=O)CCS(=O)(=O)C1CCCC1)c1ccc2c(c1)OCCCO2. The highest BCUT2D eigenvalue weighted by atomic mass is 32.2. The maximum atomic E-state index is 12.3. The van der Waals surface area contributed by atoms with Gasteiger partial charge in [0.1, 0.15) is 0 Å². The van der Waals surface area contributed by atoms with Crippen molar-refractivity contribution in [3.63, 3.8) is 0 Å². The second-order valence-electron chi connectivity index (χ2n) is 7.07. The first-order chi connectivity index (χ1) is 12.5. The molecule has 26 heavy (non-hydrogen) atoms. The van der Waals surface area contributed by atoms with Crippen LogP contribution in [0.5, 0.6) is 11.5 Å². The Morgan fingerprint density at radius 2 is 1.85 bits per heavy atom. The van der Waals surface area contributed by atoms with Crippen molar-refractivity contribution < 1.29 is 22.7 Å². The van der Waals surface area contributed by atoms with Crippen LogP contribution in [0.2, 0.25) is 0 Å². The Morgan fingerprint density at radius 3 is 2.58 bits per heavy atom. The number of sulfone groups is 1. The molecule has 6 nitrogen and oxygen atoms in total. The first kappa shape index (κ1) is 19.0. The van der Waals surface area contributed by atoms with E-state index < -0.39 is 9.84 Å². The zero-order valence-corrected chi connectivity index (χ0v) is 16.0. The van der Waals surface area contributed by atoms with Crippen molar-refractivity contribution in [1.82, 2.24) is 5.32 Å². The molecule has 0 aromatic heterocycles. The zero-order valence-electron chi connectivity index (χ0n) is 15.2. The minimum Gasteiger partial charge on any atom is -0.490 e. The standard InChI is InChI=1S/C19H27NO5S/c1-14(15-7-8-17-18(13-15)25-11-4-10-24-17)20-19(21)9-12-26(22,23)16-5-2-3-6-16/h7-8,13-14,16H,2-6,9-12H2,1H3,(H,20,21). The molecule has 1 aliphatic heterocycles. The number of benzene rings is 1. The first-order valence-electron chi connectivity index (χ1n) is 9.36. The van der Waals surface area contributed by atoms with Gasteiger partial charge >= 0.3 is 0 Å². The van der Waals surface area contributed by atoms with E-state index >= 15 is 0 Å². The van der Waals surface area contributed by atoms with Crippen molar-refractivity contribution in [3.8, 4) is 11.5 Å². The summed E-state index contributed by atoms with van der Waals surface area (Å²) < 4.78 is 35.8. The summed E-state index contributed by atoms with van der Waals surface area (Å²) in [5.41, 5.74) is 0.904. The van der Waals surface area contributed by atoms with E-state index in [1.807, 2.05) is 25.1 Å². The summed E-state index contributed by atoms with van der Waals surface area (Å²) in [6.45, 7) is 3.12. The lowest BCUT2D eigenvalue weighted by Crippen LogP contribution is -2.30. The van der Waals surface area contributed by atoms with Gasteiger partial charge in [0, 0.05) is 12.8 Å². The highest BCUT2D eigenvalue weighted by Crippen LogP contribution is 2.32. The van der Waals surface area contributed by atoms with Crippen molar-refractivity contribution >= 4 is 15.7 Å². The van der Waals surface area contributed by atoms with E-state index in [1.165, 1.54) is 0 Å². The van der Waals surface area contributed by atoms with Crippen molar-refractivity contribution in [3.05, 3.63) is 23.8 Å². The molecular formula is C19H27NO5S. The van der Waals surface area contributed by atoms with Gasteiger partial charge in [0.25, 0.3) is 0 Å². The van der Waals surface area contributed by atoms with E-state index in [-0.39, 0.29) is 29.4 Å². The number of amides is 1. The minimum absolute atomic E-state index is 0.00766. The molecule has 7 heteroatoms. The van der Waals surface area contributed by atoms with Crippen molar-refractivity contribution in [2.45, 2.75) is 56.7 Å². The monoisotopic (exact) mass is 381 g/mol. The molecule has 144 valence electrons. The molecule has 1 aliphatic carbocycles. The van der Waals surface area contributed by atoms with Crippen LogP contribution in [-0.4, -0.2) is 38.5 Å². The molecule has 0 saturated heterocycles. The molecule has 1 heterocycles. The van der Waals surface area contributed by atoms with Gasteiger partial charge < -0.3 is 14.8 Å². The predicted octanol–water partition coefficient (Wildman–Crippen LogP) is 2.77. The summed E-state index contributed by atoms with van der Waals surface area (Å²) in [4.78, 5) is 12.2. The fourth-order valence-corrected chi connectivity index (χ4v) is 5.35. The smallest absolute Gasteiger partial charge is 0.221 e. The largest absolute Gasteiger partial charge is 0.490 e. The van der Waals surface area contributed by atoms with Crippen LogP contribution in [0.1, 0.15) is 57.1 Å². The Balaban J connectivity index is 1.55. The molecule has 1 fully saturated rings. The molecule has 1 unspecified atom stereocenters. The third-order valence-corrected chi connectivity index (χ3v) is 7.33. The van der Waals surface area contributed by atoms with E-state index in [0.29, 0.717) is 24.7 Å². The molecule has 1 N–H and O–H groups in total. The highest BCUT2D eigenvalue weighted by Gasteiger charge is 2.29. The average molecular weight is 381 g/mol. The van der Waals surface area contributed by atoms with Crippen molar-refractivity contribution in [2.75, 3.05) is 19.0 Å². The van der Waals surface area contributed by atoms with Gasteiger partial charge in [0.2, 0.25) is 5.91 Å². The molecule has 0 bridgehead atoms. The maximum absolute atomic E-state index is 12.3. The number of nitrogens with one attached hydrogen (secondary N) is 1. The molecular weight excluding hydrogens is 354 g/mol. The van der Waals surface area contributed by atoms with Gasteiger partial charge in [0.05, 0.1) is 30.3 Å². The van der Waals surface area contributed by atoms with Crippen LogP contribution >= 0.6 is 0 Å². The average Bonchev–Trinajstić information content (AvgIpc) is 3.07. The molecule has 2 aliphatic rings. The Hall–Kier alpha value is -1.76.